The van der Waals surface area contributed by atoms with Gasteiger partial charge in [-0.1, -0.05) is 115 Å². The molecule has 0 radical (unpaired) electrons. The number of fused-ring (bicyclic) bond motifs is 2. The zero-order valence-corrected chi connectivity index (χ0v) is 23.3. The van der Waals surface area contributed by atoms with Crippen molar-refractivity contribution in [1.82, 2.24) is 4.57 Å². The van der Waals surface area contributed by atoms with Gasteiger partial charge < -0.3 is 9.67 Å². The fourth-order valence-corrected chi connectivity index (χ4v) is 6.29. The molecule has 0 fully saturated rings. The molecule has 1 N–H and O–H groups in total. The highest BCUT2D eigenvalue weighted by atomic mass is 16.4. The molecule has 0 aliphatic heterocycles. The van der Waals surface area contributed by atoms with Crippen LogP contribution in [-0.2, 0) is 17.3 Å². The Balaban J connectivity index is 1.63. The number of nitrogens with zero attached hydrogens (tertiary/aromatic N) is 1. The summed E-state index contributed by atoms with van der Waals surface area (Å²) in [7, 11) is 1.79. The molecule has 1 aromatic heterocycles. The Hall–Kier alpha value is -4.96. The van der Waals surface area contributed by atoms with Crippen LogP contribution in [0, 0.1) is 6.92 Å². The second kappa shape index (κ2) is 10.2. The molecule has 202 valence electrons. The van der Waals surface area contributed by atoms with Crippen molar-refractivity contribution in [3.05, 3.63) is 155 Å². The van der Waals surface area contributed by atoms with Crippen LogP contribution in [0.15, 0.2) is 121 Å². The molecular formula is C37H31NO3. The third kappa shape index (κ3) is 4.33. The predicted molar refractivity (Wildman–Crippen MR) is 165 cm³/mol. The maximum atomic E-state index is 13.6. The van der Waals surface area contributed by atoms with E-state index in [0.29, 0.717) is 17.0 Å². The van der Waals surface area contributed by atoms with Crippen LogP contribution in [0.5, 0.6) is 0 Å². The molecule has 0 spiro atoms. The largest absolute Gasteiger partial charge is 0.481 e. The van der Waals surface area contributed by atoms with Crippen LogP contribution in [0.1, 0.15) is 51.3 Å². The molecule has 0 amide bonds. The number of hydrogen-bond donors (Lipinski definition) is 1. The lowest BCUT2D eigenvalue weighted by atomic mass is 9.66. The van der Waals surface area contributed by atoms with Crippen molar-refractivity contribution in [1.29, 1.82) is 0 Å². The van der Waals surface area contributed by atoms with Crippen molar-refractivity contribution in [3.8, 4) is 0 Å². The van der Waals surface area contributed by atoms with Gasteiger partial charge in [-0.2, -0.15) is 0 Å². The summed E-state index contributed by atoms with van der Waals surface area (Å²) in [5, 5.41) is 15.2. The maximum absolute atomic E-state index is 13.6. The first-order chi connectivity index (χ1) is 19.8. The fraction of sp³-hybridized carbons (Fsp3) is 0.135. The minimum atomic E-state index is -1.42. The number of ketones is 1. The van der Waals surface area contributed by atoms with Gasteiger partial charge in [-0.25, -0.2) is 0 Å². The monoisotopic (exact) mass is 537 g/mol. The highest BCUT2D eigenvalue weighted by molar-refractivity contribution is 6.08. The van der Waals surface area contributed by atoms with Gasteiger partial charge in [0.05, 0.1) is 5.69 Å². The van der Waals surface area contributed by atoms with Gasteiger partial charge in [0.15, 0.2) is 0 Å². The van der Waals surface area contributed by atoms with Gasteiger partial charge in [0.25, 0.3) is 0 Å². The number of carboxylic acids is 1. The molecule has 5 aromatic carbocycles. The van der Waals surface area contributed by atoms with Crippen molar-refractivity contribution >= 4 is 33.3 Å². The third-order valence-electron chi connectivity index (χ3n) is 8.49. The molecule has 6 aromatic rings. The zero-order valence-electron chi connectivity index (χ0n) is 23.3. The van der Waals surface area contributed by atoms with E-state index in [1.54, 1.807) is 30.7 Å². The van der Waals surface area contributed by atoms with Crippen LogP contribution in [-0.4, -0.2) is 21.4 Å². The topological polar surface area (TPSA) is 59.3 Å². The average molecular weight is 538 g/mol. The van der Waals surface area contributed by atoms with Crippen molar-refractivity contribution in [3.63, 3.8) is 0 Å². The summed E-state index contributed by atoms with van der Waals surface area (Å²) in [5.74, 6) is -1.66. The van der Waals surface area contributed by atoms with E-state index >= 15 is 0 Å². The first kappa shape index (κ1) is 26.3. The number of carbonyl (C=O) groups is 2. The van der Waals surface area contributed by atoms with Gasteiger partial charge in [-0.15, -0.1) is 0 Å². The number of aryl methyl sites for hydroxylation is 1. The molecule has 1 unspecified atom stereocenters. The summed E-state index contributed by atoms with van der Waals surface area (Å²) in [5.41, 5.74) is 3.08. The number of carbonyl (C=O) groups excluding carboxylic acids is 1. The Kier molecular flexibility index (Phi) is 6.55. The van der Waals surface area contributed by atoms with Gasteiger partial charge in [0.1, 0.15) is 5.41 Å². The highest BCUT2D eigenvalue weighted by Gasteiger charge is 2.48. The van der Waals surface area contributed by atoms with Crippen molar-refractivity contribution in [2.24, 2.45) is 7.05 Å². The van der Waals surface area contributed by atoms with Crippen molar-refractivity contribution in [2.45, 2.75) is 25.2 Å². The number of rotatable bonds is 7. The first-order valence-corrected chi connectivity index (χ1v) is 13.8. The number of benzene rings is 5. The SMILES string of the molecule is Cc1ccc(C(=O)c2ccc(C(C)(C(=O)O)C(c3cccc4ccccc34)c3cccc4ccccc34)n2C)cc1. The number of hydrogen-bond acceptors (Lipinski definition) is 2. The van der Waals surface area contributed by atoms with Crippen LogP contribution >= 0.6 is 0 Å². The second-order valence-corrected chi connectivity index (χ2v) is 10.9. The average Bonchev–Trinajstić information content (AvgIpc) is 3.39. The van der Waals surface area contributed by atoms with Crippen LogP contribution in [0.25, 0.3) is 21.5 Å². The predicted octanol–water partition coefficient (Wildman–Crippen LogP) is 8.05. The molecule has 0 saturated carbocycles. The minimum absolute atomic E-state index is 0.140. The summed E-state index contributed by atoms with van der Waals surface area (Å²) >= 11 is 0. The molecule has 0 aliphatic rings. The van der Waals surface area contributed by atoms with Gasteiger partial charge in [-0.05, 0) is 58.7 Å². The number of aromatic nitrogens is 1. The van der Waals surface area contributed by atoms with E-state index in [4.69, 9.17) is 0 Å². The van der Waals surface area contributed by atoms with Gasteiger partial charge in [0, 0.05) is 24.2 Å². The van der Waals surface area contributed by atoms with Gasteiger partial charge >= 0.3 is 5.97 Å². The number of carboxylic acid groups (broad SMARTS) is 1. The Morgan fingerprint density at radius 1 is 0.683 bits per heavy atom. The van der Waals surface area contributed by atoms with E-state index in [1.807, 2.05) is 79.7 Å². The molecule has 0 aliphatic carbocycles. The quantitative estimate of drug-likeness (QED) is 0.210. The molecule has 4 nitrogen and oxygen atoms in total. The summed E-state index contributed by atoms with van der Waals surface area (Å²) in [6, 6.07) is 39.4. The summed E-state index contributed by atoms with van der Waals surface area (Å²) in [6.45, 7) is 3.77. The van der Waals surface area contributed by atoms with E-state index < -0.39 is 17.3 Å². The lowest BCUT2D eigenvalue weighted by molar-refractivity contribution is -0.144. The highest BCUT2D eigenvalue weighted by Crippen LogP contribution is 2.48. The van der Waals surface area contributed by atoms with Crippen molar-refractivity contribution < 1.29 is 14.7 Å². The molecule has 1 atom stereocenters. The van der Waals surface area contributed by atoms with Crippen LogP contribution in [0.2, 0.25) is 0 Å². The Morgan fingerprint density at radius 3 is 1.73 bits per heavy atom. The third-order valence-corrected chi connectivity index (χ3v) is 8.49. The standard InChI is InChI=1S/C37H31NO3/c1-24-18-20-27(21-19-24)35(39)32-22-23-33(38(32)3)37(2,36(40)41)34(30-16-8-12-25-10-4-6-14-28(25)30)31-17-9-13-26-11-5-7-15-29(26)31/h4-23,34H,1-3H3,(H,40,41). The Bertz CT molecular complexity index is 1840. The second-order valence-electron chi connectivity index (χ2n) is 10.9. The van der Waals surface area contributed by atoms with Crippen LogP contribution in [0.4, 0.5) is 0 Å². The smallest absolute Gasteiger partial charge is 0.316 e. The summed E-state index contributed by atoms with van der Waals surface area (Å²) in [4.78, 5) is 27.2. The Labute approximate surface area is 239 Å². The van der Waals surface area contributed by atoms with Gasteiger partial charge in [-0.3, -0.25) is 9.59 Å². The van der Waals surface area contributed by atoms with E-state index in [1.165, 1.54) is 0 Å². The van der Waals surface area contributed by atoms with Crippen molar-refractivity contribution in [2.75, 3.05) is 0 Å². The Morgan fingerprint density at radius 2 is 1.20 bits per heavy atom. The molecule has 4 heteroatoms. The van der Waals surface area contributed by atoms with Crippen LogP contribution in [0.3, 0.4) is 0 Å². The van der Waals surface area contributed by atoms with E-state index in [2.05, 4.69) is 36.4 Å². The van der Waals surface area contributed by atoms with Crippen LogP contribution < -0.4 is 0 Å². The minimum Gasteiger partial charge on any atom is -0.481 e. The van der Waals surface area contributed by atoms with E-state index in [0.717, 1.165) is 38.2 Å². The molecular weight excluding hydrogens is 506 g/mol. The first-order valence-electron chi connectivity index (χ1n) is 13.8. The number of aliphatic carboxylic acids is 1. The molecule has 0 saturated heterocycles. The summed E-state index contributed by atoms with van der Waals surface area (Å²) in [6.07, 6.45) is 0. The normalized spacial score (nSPS) is 13.0. The molecule has 0 bridgehead atoms. The lowest BCUT2D eigenvalue weighted by Gasteiger charge is -2.37. The lowest BCUT2D eigenvalue weighted by Crippen LogP contribution is -2.41. The zero-order chi connectivity index (χ0) is 28.7. The molecule has 1 heterocycles. The van der Waals surface area contributed by atoms with Gasteiger partial charge in [0.2, 0.25) is 5.78 Å². The molecule has 6 rings (SSSR count). The molecule has 41 heavy (non-hydrogen) atoms. The maximum Gasteiger partial charge on any atom is 0.316 e. The van der Waals surface area contributed by atoms with E-state index in [-0.39, 0.29) is 5.78 Å². The fourth-order valence-electron chi connectivity index (χ4n) is 6.29. The summed E-state index contributed by atoms with van der Waals surface area (Å²) < 4.78 is 1.76. The van der Waals surface area contributed by atoms with E-state index in [9.17, 15) is 14.7 Å².